The molecule has 4 heteroatoms. The van der Waals surface area contributed by atoms with Gasteiger partial charge in [0.1, 0.15) is 5.69 Å². The van der Waals surface area contributed by atoms with Crippen LogP contribution in [0, 0.1) is 0 Å². The van der Waals surface area contributed by atoms with Crippen LogP contribution in [0.15, 0.2) is 146 Å². The van der Waals surface area contributed by atoms with Crippen molar-refractivity contribution in [1.29, 1.82) is 0 Å². The molecule has 0 saturated heterocycles. The van der Waals surface area contributed by atoms with Gasteiger partial charge in [-0.2, -0.15) is 10.2 Å². The van der Waals surface area contributed by atoms with Gasteiger partial charge >= 0.3 is 0 Å². The topological polar surface area (TPSA) is 57.4 Å². The second kappa shape index (κ2) is 9.79. The Hall–Kier alpha value is -6.00. The van der Waals surface area contributed by atoms with Gasteiger partial charge in [-0.15, -0.1) is 0 Å². The number of hydrogen-bond donors (Lipinski definition) is 2. The highest BCUT2D eigenvalue weighted by Crippen LogP contribution is 2.41. The van der Waals surface area contributed by atoms with E-state index in [2.05, 4.69) is 150 Å². The van der Waals surface area contributed by atoms with Gasteiger partial charge in [-0.3, -0.25) is 10.2 Å². The Kier molecular flexibility index (Phi) is 5.47. The minimum Gasteiger partial charge on any atom is -0.284 e. The summed E-state index contributed by atoms with van der Waals surface area (Å²) in [6.07, 6.45) is 2.00. The van der Waals surface area contributed by atoms with Crippen molar-refractivity contribution in [3.63, 3.8) is 0 Å². The lowest BCUT2D eigenvalue weighted by Gasteiger charge is -2.12. The number of fused-ring (bicyclic) bond motifs is 4. The maximum absolute atomic E-state index is 4.79. The molecule has 0 radical (unpaired) electrons. The van der Waals surface area contributed by atoms with Gasteiger partial charge in [0.25, 0.3) is 0 Å². The van der Waals surface area contributed by atoms with E-state index in [1.165, 1.54) is 48.7 Å². The summed E-state index contributed by atoms with van der Waals surface area (Å²) >= 11 is 0. The number of benzene rings is 7. The molecule has 0 saturated carbocycles. The molecule has 2 heterocycles. The van der Waals surface area contributed by atoms with Crippen molar-refractivity contribution in [2.45, 2.75) is 0 Å². The Morgan fingerprint density at radius 1 is 0.432 bits per heavy atom. The predicted octanol–water partition coefficient (Wildman–Crippen LogP) is 10.4. The molecule has 9 rings (SSSR count). The zero-order valence-corrected chi connectivity index (χ0v) is 23.8. The maximum atomic E-state index is 4.79. The Balaban J connectivity index is 1.13. The minimum absolute atomic E-state index is 0.913. The largest absolute Gasteiger partial charge is 0.284 e. The number of nitrogens with one attached hydrogen (secondary N) is 2. The monoisotopic (exact) mass is 562 g/mol. The molecular formula is C40H26N4. The van der Waals surface area contributed by atoms with E-state index in [0.717, 1.165) is 39.3 Å². The third-order valence-electron chi connectivity index (χ3n) is 8.76. The molecule has 2 N–H and O–H groups in total. The molecule has 0 fully saturated rings. The molecule has 7 aromatic carbocycles. The third-order valence-corrected chi connectivity index (χ3v) is 8.76. The van der Waals surface area contributed by atoms with Crippen LogP contribution in [0.4, 0.5) is 0 Å². The molecule has 2 aromatic heterocycles. The first-order valence-corrected chi connectivity index (χ1v) is 14.8. The van der Waals surface area contributed by atoms with E-state index < -0.39 is 0 Å². The van der Waals surface area contributed by atoms with Crippen molar-refractivity contribution in [2.75, 3.05) is 0 Å². The van der Waals surface area contributed by atoms with Crippen LogP contribution < -0.4 is 0 Å². The first-order chi connectivity index (χ1) is 21.8. The fourth-order valence-electron chi connectivity index (χ4n) is 6.69. The molecule has 4 nitrogen and oxygen atoms in total. The van der Waals surface area contributed by atoms with Crippen LogP contribution in [0.2, 0.25) is 0 Å². The average Bonchev–Trinajstić information content (AvgIpc) is 3.77. The van der Waals surface area contributed by atoms with Gasteiger partial charge in [-0.1, -0.05) is 121 Å². The molecule has 9 aromatic rings. The van der Waals surface area contributed by atoms with Crippen LogP contribution in [-0.2, 0) is 0 Å². The summed E-state index contributed by atoms with van der Waals surface area (Å²) in [6.45, 7) is 0. The fraction of sp³-hybridized carbons (Fsp3) is 0. The number of H-pyrrole nitrogens is 2. The van der Waals surface area contributed by atoms with Gasteiger partial charge in [0.2, 0.25) is 0 Å². The van der Waals surface area contributed by atoms with Gasteiger partial charge in [-0.25, -0.2) is 0 Å². The SMILES string of the molecule is c1ccc2c(-c3cc(-c4ccc(-c5c[nH]nc5-c5c6ccccc6cc6ccccc56)cc4)n[nH]3)c3ccccc3cc2c1. The van der Waals surface area contributed by atoms with Crippen LogP contribution in [0.5, 0.6) is 0 Å². The van der Waals surface area contributed by atoms with Gasteiger partial charge in [0.15, 0.2) is 0 Å². The van der Waals surface area contributed by atoms with E-state index in [9.17, 15) is 0 Å². The lowest BCUT2D eigenvalue weighted by atomic mass is 9.91. The quantitative estimate of drug-likeness (QED) is 0.210. The molecular weight excluding hydrogens is 536 g/mol. The van der Waals surface area contributed by atoms with Crippen LogP contribution in [0.25, 0.3) is 88.0 Å². The summed E-state index contributed by atoms with van der Waals surface area (Å²) in [5, 5.41) is 25.7. The molecule has 0 bridgehead atoms. The number of hydrogen-bond acceptors (Lipinski definition) is 2. The summed E-state index contributed by atoms with van der Waals surface area (Å²) in [5.41, 5.74) is 8.44. The standard InChI is InChI=1S/C40H26N4/c1-5-13-31-27(9-1)21-28-10-2-6-14-32(28)38(31)37-23-36(42-43-37)26-19-17-25(18-20-26)35-24-41-44-40(35)39-33-15-7-3-11-29(33)22-30-12-4-8-16-34(30)39/h1-24H,(H,41,44)(H,42,43). The number of aromatic amines is 2. The fourth-order valence-corrected chi connectivity index (χ4v) is 6.69. The number of aromatic nitrogens is 4. The summed E-state index contributed by atoms with van der Waals surface area (Å²) in [7, 11) is 0. The van der Waals surface area contributed by atoms with Crippen molar-refractivity contribution < 1.29 is 0 Å². The second-order valence-electron chi connectivity index (χ2n) is 11.3. The van der Waals surface area contributed by atoms with Gasteiger partial charge < -0.3 is 0 Å². The summed E-state index contributed by atoms with van der Waals surface area (Å²) in [6, 6.07) is 49.5. The number of nitrogens with zero attached hydrogens (tertiary/aromatic N) is 2. The molecule has 206 valence electrons. The normalized spacial score (nSPS) is 11.6. The van der Waals surface area contributed by atoms with Crippen LogP contribution in [0.3, 0.4) is 0 Å². The lowest BCUT2D eigenvalue weighted by molar-refractivity contribution is 1.10. The smallest absolute Gasteiger partial charge is 0.101 e. The molecule has 0 aliphatic rings. The van der Waals surface area contributed by atoms with E-state index in [1.807, 2.05) is 6.20 Å². The summed E-state index contributed by atoms with van der Waals surface area (Å²) in [5.74, 6) is 0. The molecule has 44 heavy (non-hydrogen) atoms. The van der Waals surface area contributed by atoms with Crippen molar-refractivity contribution in [3.8, 4) is 44.9 Å². The van der Waals surface area contributed by atoms with E-state index in [4.69, 9.17) is 10.2 Å². The Morgan fingerprint density at radius 2 is 0.909 bits per heavy atom. The molecule has 0 atom stereocenters. The highest BCUT2D eigenvalue weighted by Gasteiger charge is 2.18. The minimum atomic E-state index is 0.913. The second-order valence-corrected chi connectivity index (χ2v) is 11.3. The van der Waals surface area contributed by atoms with E-state index in [-0.39, 0.29) is 0 Å². The van der Waals surface area contributed by atoms with E-state index >= 15 is 0 Å². The molecule has 0 amide bonds. The average molecular weight is 563 g/mol. The zero-order chi connectivity index (χ0) is 29.0. The van der Waals surface area contributed by atoms with Crippen LogP contribution in [-0.4, -0.2) is 20.4 Å². The van der Waals surface area contributed by atoms with Crippen molar-refractivity contribution in [2.24, 2.45) is 0 Å². The lowest BCUT2D eigenvalue weighted by Crippen LogP contribution is -1.88. The maximum Gasteiger partial charge on any atom is 0.101 e. The van der Waals surface area contributed by atoms with E-state index in [0.29, 0.717) is 0 Å². The Labute approximate surface area is 253 Å². The zero-order valence-electron chi connectivity index (χ0n) is 23.8. The van der Waals surface area contributed by atoms with Gasteiger partial charge in [0.05, 0.1) is 11.4 Å². The van der Waals surface area contributed by atoms with Gasteiger partial charge in [0, 0.05) is 28.5 Å². The highest BCUT2D eigenvalue weighted by molar-refractivity contribution is 6.14. The molecule has 0 spiro atoms. The Morgan fingerprint density at radius 3 is 1.45 bits per heavy atom. The highest BCUT2D eigenvalue weighted by atomic mass is 15.1. The van der Waals surface area contributed by atoms with Crippen LogP contribution >= 0.6 is 0 Å². The van der Waals surface area contributed by atoms with Crippen molar-refractivity contribution >= 4 is 43.1 Å². The molecule has 0 aliphatic carbocycles. The molecule has 0 aliphatic heterocycles. The summed E-state index contributed by atoms with van der Waals surface area (Å²) < 4.78 is 0. The predicted molar refractivity (Wildman–Crippen MR) is 183 cm³/mol. The first kappa shape index (κ1) is 24.6. The van der Waals surface area contributed by atoms with Crippen molar-refractivity contribution in [3.05, 3.63) is 146 Å². The van der Waals surface area contributed by atoms with Crippen molar-refractivity contribution in [1.82, 2.24) is 20.4 Å². The van der Waals surface area contributed by atoms with Gasteiger partial charge in [-0.05, 0) is 66.9 Å². The number of rotatable bonds is 4. The Bertz CT molecular complexity index is 2390. The third kappa shape index (κ3) is 3.85. The first-order valence-electron chi connectivity index (χ1n) is 14.8. The summed E-state index contributed by atoms with van der Waals surface area (Å²) in [4.78, 5) is 0. The van der Waals surface area contributed by atoms with E-state index in [1.54, 1.807) is 0 Å². The molecule has 0 unspecified atom stereocenters. The van der Waals surface area contributed by atoms with Crippen LogP contribution in [0.1, 0.15) is 0 Å².